The molecule has 0 saturated heterocycles. The SMILES string of the molecule is OC(CNCc1cccc2[nH]ccc12)c1ccc(Cl)c(F)c1. The third kappa shape index (κ3) is 3.14. The van der Waals surface area contributed by atoms with Crippen LogP contribution < -0.4 is 5.32 Å². The number of halogens is 2. The van der Waals surface area contributed by atoms with Crippen molar-refractivity contribution in [3.63, 3.8) is 0 Å². The van der Waals surface area contributed by atoms with Crippen molar-refractivity contribution in [1.29, 1.82) is 0 Å². The molecule has 1 unspecified atom stereocenters. The quantitative estimate of drug-likeness (QED) is 0.670. The van der Waals surface area contributed by atoms with E-state index in [1.165, 1.54) is 12.1 Å². The average molecular weight is 319 g/mol. The Morgan fingerprint density at radius 2 is 2.09 bits per heavy atom. The number of hydrogen-bond donors (Lipinski definition) is 3. The van der Waals surface area contributed by atoms with Crippen LogP contribution in [0.5, 0.6) is 0 Å². The van der Waals surface area contributed by atoms with Gasteiger partial charge in [0.05, 0.1) is 11.1 Å². The van der Waals surface area contributed by atoms with E-state index in [0.717, 1.165) is 16.5 Å². The molecule has 3 N–H and O–H groups in total. The van der Waals surface area contributed by atoms with Crippen LogP contribution in [-0.2, 0) is 6.54 Å². The van der Waals surface area contributed by atoms with Gasteiger partial charge in [-0.05, 0) is 35.4 Å². The molecule has 0 amide bonds. The van der Waals surface area contributed by atoms with Crippen molar-refractivity contribution < 1.29 is 9.50 Å². The van der Waals surface area contributed by atoms with Gasteiger partial charge < -0.3 is 15.4 Å². The first-order valence-corrected chi connectivity index (χ1v) is 7.41. The summed E-state index contributed by atoms with van der Waals surface area (Å²) < 4.78 is 13.4. The summed E-state index contributed by atoms with van der Waals surface area (Å²) in [5.41, 5.74) is 2.74. The molecule has 2 aromatic carbocycles. The van der Waals surface area contributed by atoms with Gasteiger partial charge in [0, 0.05) is 30.2 Å². The molecule has 5 heteroatoms. The number of benzene rings is 2. The zero-order valence-electron chi connectivity index (χ0n) is 11.8. The molecule has 3 aromatic rings. The van der Waals surface area contributed by atoms with E-state index in [2.05, 4.69) is 10.3 Å². The van der Waals surface area contributed by atoms with Gasteiger partial charge >= 0.3 is 0 Å². The van der Waals surface area contributed by atoms with Gasteiger partial charge in [-0.15, -0.1) is 0 Å². The second-order valence-corrected chi connectivity index (χ2v) is 5.58. The molecule has 0 aliphatic heterocycles. The average Bonchev–Trinajstić information content (AvgIpc) is 2.99. The fourth-order valence-electron chi connectivity index (χ4n) is 2.49. The van der Waals surface area contributed by atoms with Crippen LogP contribution in [-0.4, -0.2) is 16.6 Å². The maximum absolute atomic E-state index is 13.4. The first kappa shape index (κ1) is 15.0. The van der Waals surface area contributed by atoms with Crippen LogP contribution >= 0.6 is 11.6 Å². The van der Waals surface area contributed by atoms with Gasteiger partial charge in [-0.3, -0.25) is 0 Å². The molecule has 1 heterocycles. The van der Waals surface area contributed by atoms with Crippen molar-refractivity contribution in [2.45, 2.75) is 12.6 Å². The van der Waals surface area contributed by atoms with E-state index in [-0.39, 0.29) is 5.02 Å². The van der Waals surface area contributed by atoms with Crippen molar-refractivity contribution >= 4 is 22.5 Å². The molecular weight excluding hydrogens is 303 g/mol. The highest BCUT2D eigenvalue weighted by atomic mass is 35.5. The minimum absolute atomic E-state index is 0.0584. The van der Waals surface area contributed by atoms with Crippen LogP contribution in [0.25, 0.3) is 10.9 Å². The summed E-state index contributed by atoms with van der Waals surface area (Å²) in [7, 11) is 0. The first-order chi connectivity index (χ1) is 10.6. The third-order valence-corrected chi connectivity index (χ3v) is 3.97. The number of aliphatic hydroxyl groups excluding tert-OH is 1. The summed E-state index contributed by atoms with van der Waals surface area (Å²) >= 11 is 5.64. The van der Waals surface area contributed by atoms with Crippen LogP contribution in [0.1, 0.15) is 17.2 Å². The van der Waals surface area contributed by atoms with Crippen molar-refractivity contribution in [3.05, 3.63) is 70.6 Å². The fourth-order valence-corrected chi connectivity index (χ4v) is 2.60. The Kier molecular flexibility index (Phi) is 4.43. The topological polar surface area (TPSA) is 48.0 Å². The molecule has 0 aliphatic carbocycles. The predicted molar refractivity (Wildman–Crippen MR) is 86.4 cm³/mol. The lowest BCUT2D eigenvalue weighted by molar-refractivity contribution is 0.174. The Balaban J connectivity index is 1.63. The molecule has 3 nitrogen and oxygen atoms in total. The second kappa shape index (κ2) is 6.48. The molecule has 0 fully saturated rings. The Labute approximate surface area is 132 Å². The van der Waals surface area contributed by atoms with Crippen molar-refractivity contribution in [1.82, 2.24) is 10.3 Å². The van der Waals surface area contributed by atoms with Gasteiger partial charge in [0.15, 0.2) is 0 Å². The van der Waals surface area contributed by atoms with E-state index in [4.69, 9.17) is 11.6 Å². The largest absolute Gasteiger partial charge is 0.387 e. The summed E-state index contributed by atoms with van der Waals surface area (Å²) in [5, 5.41) is 14.5. The second-order valence-electron chi connectivity index (χ2n) is 5.18. The summed E-state index contributed by atoms with van der Waals surface area (Å²) in [6.45, 7) is 0.963. The van der Waals surface area contributed by atoms with Gasteiger partial charge in [0.2, 0.25) is 0 Å². The summed E-state index contributed by atoms with van der Waals surface area (Å²) in [5.74, 6) is -0.518. The van der Waals surface area contributed by atoms with Crippen molar-refractivity contribution in [2.24, 2.45) is 0 Å². The number of hydrogen-bond acceptors (Lipinski definition) is 2. The van der Waals surface area contributed by atoms with Gasteiger partial charge in [-0.2, -0.15) is 0 Å². The number of aromatic nitrogens is 1. The third-order valence-electron chi connectivity index (χ3n) is 3.67. The first-order valence-electron chi connectivity index (χ1n) is 7.04. The number of aromatic amines is 1. The molecule has 3 rings (SSSR count). The van der Waals surface area contributed by atoms with Crippen LogP contribution in [0.4, 0.5) is 4.39 Å². The zero-order valence-corrected chi connectivity index (χ0v) is 12.6. The summed E-state index contributed by atoms with van der Waals surface area (Å²) in [6, 6.07) is 12.4. The van der Waals surface area contributed by atoms with E-state index in [1.807, 2.05) is 30.5 Å². The van der Waals surface area contributed by atoms with Gasteiger partial charge in [0.25, 0.3) is 0 Å². The molecule has 1 aromatic heterocycles. The predicted octanol–water partition coefficient (Wildman–Crippen LogP) is 3.78. The fraction of sp³-hybridized carbons (Fsp3) is 0.176. The van der Waals surface area contributed by atoms with E-state index in [9.17, 15) is 9.50 Å². The molecule has 0 aliphatic rings. The van der Waals surface area contributed by atoms with Gasteiger partial charge in [0.1, 0.15) is 5.82 Å². The lowest BCUT2D eigenvalue weighted by atomic mass is 10.1. The van der Waals surface area contributed by atoms with Crippen molar-refractivity contribution in [3.8, 4) is 0 Å². The molecule has 114 valence electrons. The van der Waals surface area contributed by atoms with Gasteiger partial charge in [-0.25, -0.2) is 4.39 Å². The minimum Gasteiger partial charge on any atom is -0.387 e. The molecule has 0 radical (unpaired) electrons. The van der Waals surface area contributed by atoms with E-state index < -0.39 is 11.9 Å². The highest BCUT2D eigenvalue weighted by molar-refractivity contribution is 6.30. The maximum atomic E-state index is 13.4. The smallest absolute Gasteiger partial charge is 0.142 e. The Hall–Kier alpha value is -1.88. The molecular formula is C17H16ClFN2O. The molecule has 1 atom stereocenters. The minimum atomic E-state index is -0.780. The number of fused-ring (bicyclic) bond motifs is 1. The number of H-pyrrole nitrogens is 1. The van der Waals surface area contributed by atoms with Crippen LogP contribution in [0.2, 0.25) is 5.02 Å². The van der Waals surface area contributed by atoms with E-state index in [1.54, 1.807) is 6.07 Å². The number of aliphatic hydroxyl groups is 1. The van der Waals surface area contributed by atoms with Crippen LogP contribution in [0.15, 0.2) is 48.7 Å². The van der Waals surface area contributed by atoms with E-state index in [0.29, 0.717) is 18.7 Å². The van der Waals surface area contributed by atoms with Crippen LogP contribution in [0, 0.1) is 5.82 Å². The zero-order chi connectivity index (χ0) is 15.5. The molecule has 0 spiro atoms. The molecule has 22 heavy (non-hydrogen) atoms. The number of rotatable bonds is 5. The normalized spacial score (nSPS) is 12.7. The Morgan fingerprint density at radius 1 is 1.23 bits per heavy atom. The van der Waals surface area contributed by atoms with Crippen LogP contribution in [0.3, 0.4) is 0 Å². The maximum Gasteiger partial charge on any atom is 0.142 e. The number of nitrogens with one attached hydrogen (secondary N) is 2. The highest BCUT2D eigenvalue weighted by Gasteiger charge is 2.10. The lowest BCUT2D eigenvalue weighted by Gasteiger charge is -2.13. The summed E-state index contributed by atoms with van der Waals surface area (Å²) in [6.07, 6.45) is 1.12. The van der Waals surface area contributed by atoms with Crippen molar-refractivity contribution in [2.75, 3.05) is 6.54 Å². The molecule has 0 saturated carbocycles. The standard InChI is InChI=1S/C17H16ClFN2O/c18-14-5-4-11(8-15(14)19)17(22)10-20-9-12-2-1-3-16-13(12)6-7-21-16/h1-8,17,20-22H,9-10H2. The van der Waals surface area contributed by atoms with Gasteiger partial charge in [-0.1, -0.05) is 29.8 Å². The lowest BCUT2D eigenvalue weighted by Crippen LogP contribution is -2.21. The van der Waals surface area contributed by atoms with E-state index >= 15 is 0 Å². The summed E-state index contributed by atoms with van der Waals surface area (Å²) in [4.78, 5) is 3.17. The Morgan fingerprint density at radius 3 is 2.91 bits per heavy atom. The Bertz CT molecular complexity index is 787. The molecule has 0 bridgehead atoms. The highest BCUT2D eigenvalue weighted by Crippen LogP contribution is 2.20. The monoisotopic (exact) mass is 318 g/mol.